The second-order valence-electron chi connectivity index (χ2n) is 3.17. The van der Waals surface area contributed by atoms with Gasteiger partial charge in [0.25, 0.3) is 0 Å². The molecule has 3 N–H and O–H groups in total. The molecule has 0 aliphatic carbocycles. The Balaban J connectivity index is 2.21. The number of thiophene rings is 1. The fraction of sp³-hybridized carbons (Fsp3) is 0.222. The highest BCUT2D eigenvalue weighted by molar-refractivity contribution is 7.09. The van der Waals surface area contributed by atoms with Gasteiger partial charge in [-0.3, -0.25) is 4.79 Å². The molecule has 7 heteroatoms. The van der Waals surface area contributed by atoms with Crippen LogP contribution in [0.3, 0.4) is 0 Å². The topological polar surface area (TPSA) is 102 Å². The predicted molar refractivity (Wildman–Crippen MR) is 57.1 cm³/mol. The van der Waals surface area contributed by atoms with E-state index < -0.39 is 11.9 Å². The average Bonchev–Trinajstić information content (AvgIpc) is 2.84. The molecule has 0 saturated carbocycles. The van der Waals surface area contributed by atoms with E-state index in [0.29, 0.717) is 6.42 Å². The van der Waals surface area contributed by atoms with Crippen molar-refractivity contribution in [2.45, 2.75) is 12.3 Å². The largest absolute Gasteiger partial charge is 0.481 e. The normalized spacial score (nSPS) is 12.5. The van der Waals surface area contributed by atoms with E-state index in [1.54, 1.807) is 0 Å². The minimum atomic E-state index is -0.991. The van der Waals surface area contributed by atoms with Gasteiger partial charge in [-0.1, -0.05) is 11.2 Å². The van der Waals surface area contributed by atoms with Gasteiger partial charge in [-0.05, 0) is 11.4 Å². The standard InChI is InChI=1S/C9H9N3O3S/c10-9-11-7(12-15-9)6(8(13)14)4-5-2-1-3-16-5/h1-3,6H,4H2,(H,13,14)(H2,10,11,12). The number of nitrogens with two attached hydrogens (primary N) is 1. The molecule has 0 saturated heterocycles. The molecule has 0 aromatic carbocycles. The molecule has 1 atom stereocenters. The fourth-order valence-corrected chi connectivity index (χ4v) is 2.06. The number of nitrogens with zero attached hydrogens (tertiary/aromatic N) is 2. The first-order chi connectivity index (χ1) is 7.66. The number of anilines is 1. The minimum Gasteiger partial charge on any atom is -0.481 e. The van der Waals surface area contributed by atoms with Crippen LogP contribution in [-0.4, -0.2) is 21.2 Å². The van der Waals surface area contributed by atoms with Crippen molar-refractivity contribution in [2.24, 2.45) is 0 Å². The van der Waals surface area contributed by atoms with Gasteiger partial charge in [-0.2, -0.15) is 4.98 Å². The highest BCUT2D eigenvalue weighted by atomic mass is 32.1. The number of carbonyl (C=O) groups is 1. The lowest BCUT2D eigenvalue weighted by Gasteiger charge is -2.05. The van der Waals surface area contributed by atoms with Crippen molar-refractivity contribution >= 4 is 23.3 Å². The lowest BCUT2D eigenvalue weighted by molar-refractivity contribution is -0.139. The Bertz CT molecular complexity index is 480. The van der Waals surface area contributed by atoms with Gasteiger partial charge in [-0.15, -0.1) is 11.3 Å². The van der Waals surface area contributed by atoms with E-state index >= 15 is 0 Å². The Morgan fingerprint density at radius 2 is 2.50 bits per heavy atom. The molecule has 16 heavy (non-hydrogen) atoms. The molecule has 1 unspecified atom stereocenters. The second kappa shape index (κ2) is 4.31. The van der Waals surface area contributed by atoms with E-state index in [1.807, 2.05) is 17.5 Å². The van der Waals surface area contributed by atoms with Crippen molar-refractivity contribution in [1.29, 1.82) is 0 Å². The van der Waals surface area contributed by atoms with E-state index in [4.69, 9.17) is 10.8 Å². The van der Waals surface area contributed by atoms with Crippen LogP contribution in [0.1, 0.15) is 16.6 Å². The predicted octanol–water partition coefficient (Wildman–Crippen LogP) is 1.12. The number of nitrogen functional groups attached to an aromatic ring is 1. The molecule has 0 spiro atoms. The lowest BCUT2D eigenvalue weighted by Crippen LogP contribution is -2.15. The number of carboxylic acid groups (broad SMARTS) is 1. The zero-order chi connectivity index (χ0) is 11.5. The summed E-state index contributed by atoms with van der Waals surface area (Å²) in [5, 5.41) is 14.5. The summed E-state index contributed by atoms with van der Waals surface area (Å²) in [6.07, 6.45) is 0.339. The summed E-state index contributed by atoms with van der Waals surface area (Å²) in [5.41, 5.74) is 5.26. The van der Waals surface area contributed by atoms with Crippen molar-refractivity contribution in [3.05, 3.63) is 28.2 Å². The third-order valence-corrected chi connectivity index (χ3v) is 2.95. The molecule has 0 bridgehead atoms. The molecular formula is C9H9N3O3S. The SMILES string of the molecule is Nc1nc(C(Cc2cccs2)C(=O)O)no1. The Hall–Kier alpha value is -1.89. The summed E-state index contributed by atoms with van der Waals surface area (Å²) < 4.78 is 4.57. The highest BCUT2D eigenvalue weighted by Gasteiger charge is 2.25. The Morgan fingerprint density at radius 1 is 1.69 bits per heavy atom. The summed E-state index contributed by atoms with van der Waals surface area (Å²) in [7, 11) is 0. The van der Waals surface area contributed by atoms with E-state index in [1.165, 1.54) is 11.3 Å². The maximum Gasteiger partial charge on any atom is 0.318 e. The number of hydrogen-bond donors (Lipinski definition) is 2. The van der Waals surface area contributed by atoms with Crippen molar-refractivity contribution in [3.8, 4) is 0 Å². The van der Waals surface area contributed by atoms with Crippen LogP contribution in [0, 0.1) is 0 Å². The second-order valence-corrected chi connectivity index (χ2v) is 4.20. The maximum atomic E-state index is 11.1. The summed E-state index contributed by atoms with van der Waals surface area (Å²) >= 11 is 1.49. The van der Waals surface area contributed by atoms with Gasteiger partial charge in [0.15, 0.2) is 5.82 Å². The molecule has 6 nitrogen and oxygen atoms in total. The van der Waals surface area contributed by atoms with Gasteiger partial charge in [0, 0.05) is 11.3 Å². The summed E-state index contributed by atoms with van der Waals surface area (Å²) in [4.78, 5) is 15.8. The lowest BCUT2D eigenvalue weighted by atomic mass is 10.0. The molecule has 2 aromatic heterocycles. The quantitative estimate of drug-likeness (QED) is 0.828. The first-order valence-electron chi connectivity index (χ1n) is 4.51. The first-order valence-corrected chi connectivity index (χ1v) is 5.39. The van der Waals surface area contributed by atoms with E-state index in [-0.39, 0.29) is 11.8 Å². The summed E-state index contributed by atoms with van der Waals surface area (Å²) in [6.45, 7) is 0. The molecule has 2 rings (SSSR count). The third-order valence-electron chi connectivity index (χ3n) is 2.05. The van der Waals surface area contributed by atoms with Gasteiger partial charge >= 0.3 is 12.0 Å². The van der Waals surface area contributed by atoms with Crippen LogP contribution in [0.15, 0.2) is 22.0 Å². The fourth-order valence-electron chi connectivity index (χ4n) is 1.31. The van der Waals surface area contributed by atoms with Crippen molar-refractivity contribution in [3.63, 3.8) is 0 Å². The molecule has 2 aromatic rings. The van der Waals surface area contributed by atoms with E-state index in [0.717, 1.165) is 4.88 Å². The smallest absolute Gasteiger partial charge is 0.318 e. The van der Waals surface area contributed by atoms with Crippen LogP contribution in [0.4, 0.5) is 6.01 Å². The Kier molecular flexibility index (Phi) is 2.86. The van der Waals surface area contributed by atoms with Crippen molar-refractivity contribution in [1.82, 2.24) is 10.1 Å². The molecule has 0 aliphatic heterocycles. The first kappa shape index (κ1) is 10.6. The number of aliphatic carboxylic acids is 1. The number of carboxylic acids is 1. The summed E-state index contributed by atoms with van der Waals surface area (Å²) in [6, 6.07) is 3.61. The van der Waals surface area contributed by atoms with Crippen LogP contribution < -0.4 is 5.73 Å². The number of rotatable bonds is 4. The van der Waals surface area contributed by atoms with Gasteiger partial charge in [0.1, 0.15) is 5.92 Å². The van der Waals surface area contributed by atoms with Crippen molar-refractivity contribution in [2.75, 3.05) is 5.73 Å². The molecule has 0 amide bonds. The van der Waals surface area contributed by atoms with Crippen LogP contribution in [0.25, 0.3) is 0 Å². The monoisotopic (exact) mass is 239 g/mol. The number of hydrogen-bond acceptors (Lipinski definition) is 6. The molecule has 0 fully saturated rings. The minimum absolute atomic E-state index is 0.110. The highest BCUT2D eigenvalue weighted by Crippen LogP contribution is 2.22. The molecule has 2 heterocycles. The van der Waals surface area contributed by atoms with Crippen LogP contribution in [0.2, 0.25) is 0 Å². The molecule has 0 radical (unpaired) electrons. The van der Waals surface area contributed by atoms with Crippen LogP contribution >= 0.6 is 11.3 Å². The van der Waals surface area contributed by atoms with Gasteiger partial charge in [0.2, 0.25) is 0 Å². The zero-order valence-corrected chi connectivity index (χ0v) is 8.98. The molecule has 0 aliphatic rings. The van der Waals surface area contributed by atoms with Gasteiger partial charge < -0.3 is 15.4 Å². The Labute approximate surface area is 94.7 Å². The van der Waals surface area contributed by atoms with Crippen LogP contribution in [0.5, 0.6) is 0 Å². The Morgan fingerprint density at radius 3 is 3.00 bits per heavy atom. The van der Waals surface area contributed by atoms with E-state index in [2.05, 4.69) is 14.7 Å². The van der Waals surface area contributed by atoms with Gasteiger partial charge in [-0.25, -0.2) is 0 Å². The maximum absolute atomic E-state index is 11.1. The molecular weight excluding hydrogens is 230 g/mol. The number of aromatic nitrogens is 2. The van der Waals surface area contributed by atoms with Crippen LogP contribution in [-0.2, 0) is 11.2 Å². The van der Waals surface area contributed by atoms with Gasteiger partial charge in [0.05, 0.1) is 0 Å². The molecule has 84 valence electrons. The third kappa shape index (κ3) is 2.19. The van der Waals surface area contributed by atoms with Crippen molar-refractivity contribution < 1.29 is 14.4 Å². The summed E-state index contributed by atoms with van der Waals surface area (Å²) in [5.74, 6) is -1.70. The zero-order valence-electron chi connectivity index (χ0n) is 8.16. The van der Waals surface area contributed by atoms with E-state index in [9.17, 15) is 4.79 Å². The average molecular weight is 239 g/mol.